The van der Waals surface area contributed by atoms with E-state index in [2.05, 4.69) is 275 Å². The molecule has 6 heteroatoms. The third-order valence-electron chi connectivity index (χ3n) is 15.2. The molecule has 13 aromatic rings. The van der Waals surface area contributed by atoms with Crippen LogP contribution >= 0.6 is 11.8 Å². The van der Waals surface area contributed by atoms with Crippen molar-refractivity contribution in [3.63, 3.8) is 0 Å². The average molecular weight is 1020 g/mol. The molecular formula is C72H48N4OS. The van der Waals surface area contributed by atoms with E-state index in [1.807, 2.05) is 30.1 Å². The lowest BCUT2D eigenvalue weighted by molar-refractivity contribution is 0.483. The summed E-state index contributed by atoms with van der Waals surface area (Å²) in [7, 11) is 0. The molecular weight excluding hydrogens is 969 g/mol. The maximum absolute atomic E-state index is 6.91. The predicted molar refractivity (Wildman–Crippen MR) is 324 cm³/mol. The molecule has 0 saturated carbocycles. The number of ether oxygens (including phenoxy) is 1. The van der Waals surface area contributed by atoms with Crippen LogP contribution in [0, 0.1) is 0 Å². The first-order chi connectivity index (χ1) is 38.6. The van der Waals surface area contributed by atoms with Gasteiger partial charge in [-0.2, -0.15) is 0 Å². The maximum atomic E-state index is 6.91. The maximum Gasteiger partial charge on any atom is 0.137 e. The van der Waals surface area contributed by atoms with E-state index in [0.717, 1.165) is 73.1 Å². The lowest BCUT2D eigenvalue weighted by Gasteiger charge is -2.30. The molecule has 0 bridgehead atoms. The van der Waals surface area contributed by atoms with Gasteiger partial charge in [0.2, 0.25) is 0 Å². The highest BCUT2D eigenvalue weighted by Crippen LogP contribution is 2.59. The standard InChI is InChI=1S/C72H48N4OS/c1-5-19-48(20-6-1)52-39-53(49-21-7-2-8-22-49)42-56(41-52)60-28-17-29-61(57-43-54(50-23-9-3-10-24-50)40-55(44-57)51-25-11-4-12-26-51)71(60)74-47-75-67-46-59(35-37-68(67)78-69-32-18-31-65(74)72(69)75)77-58-34-36-63-62-27-13-14-30-64(62)76(66(63)45-58)70-33-15-16-38-73-70/h1-46H,47H2. The summed E-state index contributed by atoms with van der Waals surface area (Å²) < 4.78 is 9.14. The fourth-order valence-corrected chi connectivity index (χ4v) is 12.8. The molecule has 0 radical (unpaired) electrons. The highest BCUT2D eigenvalue weighted by Gasteiger charge is 2.37. The fourth-order valence-electron chi connectivity index (χ4n) is 11.7. The van der Waals surface area contributed by atoms with Gasteiger partial charge in [-0.15, -0.1) is 0 Å². The fraction of sp³-hybridized carbons (Fsp3) is 0.0139. The van der Waals surface area contributed by atoms with Gasteiger partial charge in [-0.3, -0.25) is 4.57 Å². The normalized spacial score (nSPS) is 12.5. The van der Waals surface area contributed by atoms with Crippen molar-refractivity contribution in [3.05, 3.63) is 279 Å². The molecule has 2 aliphatic rings. The van der Waals surface area contributed by atoms with E-state index in [1.54, 1.807) is 0 Å². The van der Waals surface area contributed by atoms with Gasteiger partial charge in [0.05, 0.1) is 33.8 Å². The third-order valence-corrected chi connectivity index (χ3v) is 16.4. The van der Waals surface area contributed by atoms with Gasteiger partial charge in [0.25, 0.3) is 0 Å². The molecule has 5 nitrogen and oxygen atoms in total. The number of para-hydroxylation sites is 3. The molecule has 368 valence electrons. The van der Waals surface area contributed by atoms with Crippen molar-refractivity contribution in [1.29, 1.82) is 0 Å². The van der Waals surface area contributed by atoms with Gasteiger partial charge in [0.15, 0.2) is 0 Å². The van der Waals surface area contributed by atoms with E-state index in [9.17, 15) is 0 Å². The molecule has 0 amide bonds. The minimum absolute atomic E-state index is 0.581. The third kappa shape index (κ3) is 8.01. The summed E-state index contributed by atoms with van der Waals surface area (Å²) in [5.41, 5.74) is 20.7. The first-order valence-corrected chi connectivity index (χ1v) is 27.2. The van der Waals surface area contributed by atoms with E-state index in [4.69, 9.17) is 9.72 Å². The number of rotatable bonds is 10. The smallest absolute Gasteiger partial charge is 0.137 e. The van der Waals surface area contributed by atoms with Gasteiger partial charge in [0.1, 0.15) is 24.0 Å². The summed E-state index contributed by atoms with van der Waals surface area (Å²) in [5, 5.41) is 2.33. The molecule has 4 heterocycles. The van der Waals surface area contributed by atoms with Gasteiger partial charge >= 0.3 is 0 Å². The van der Waals surface area contributed by atoms with Crippen LogP contribution in [0.1, 0.15) is 0 Å². The highest BCUT2D eigenvalue weighted by molar-refractivity contribution is 7.99. The summed E-state index contributed by atoms with van der Waals surface area (Å²) in [6.07, 6.45) is 1.85. The summed E-state index contributed by atoms with van der Waals surface area (Å²) in [6.45, 7) is 0.581. The van der Waals surface area contributed by atoms with Crippen LogP contribution in [0.25, 0.3) is 94.4 Å². The van der Waals surface area contributed by atoms with Gasteiger partial charge in [-0.05, 0) is 147 Å². The Labute approximate surface area is 457 Å². The second kappa shape index (κ2) is 19.0. The van der Waals surface area contributed by atoms with E-state index < -0.39 is 0 Å². The lowest BCUT2D eigenvalue weighted by atomic mass is 9.88. The van der Waals surface area contributed by atoms with Crippen LogP contribution in [0.15, 0.2) is 289 Å². The zero-order chi connectivity index (χ0) is 51.5. The van der Waals surface area contributed by atoms with Crippen LogP contribution in [0.5, 0.6) is 11.5 Å². The molecule has 2 aromatic heterocycles. The molecule has 78 heavy (non-hydrogen) atoms. The van der Waals surface area contributed by atoms with E-state index in [0.29, 0.717) is 6.67 Å². The monoisotopic (exact) mass is 1020 g/mol. The van der Waals surface area contributed by atoms with E-state index >= 15 is 0 Å². The second-order valence-electron chi connectivity index (χ2n) is 19.9. The molecule has 11 aromatic carbocycles. The van der Waals surface area contributed by atoms with Gasteiger partial charge in [-0.25, -0.2) is 4.98 Å². The van der Waals surface area contributed by atoms with Crippen LogP contribution in [-0.4, -0.2) is 16.2 Å². The van der Waals surface area contributed by atoms with Crippen molar-refractivity contribution < 1.29 is 4.74 Å². The molecule has 0 aliphatic carbocycles. The Bertz CT molecular complexity index is 4150. The van der Waals surface area contributed by atoms with E-state index in [-0.39, 0.29) is 0 Å². The zero-order valence-corrected chi connectivity index (χ0v) is 43.2. The molecule has 0 atom stereocenters. The first-order valence-electron chi connectivity index (χ1n) is 26.4. The number of fused-ring (bicyclic) bond motifs is 5. The van der Waals surface area contributed by atoms with Gasteiger partial charge in [-0.1, -0.05) is 182 Å². The molecule has 0 N–H and O–H groups in total. The molecule has 0 spiro atoms. The summed E-state index contributed by atoms with van der Waals surface area (Å²) in [4.78, 5) is 12.2. The zero-order valence-electron chi connectivity index (χ0n) is 42.4. The Balaban J connectivity index is 0.899. The first kappa shape index (κ1) is 45.5. The molecule has 0 fully saturated rings. The Morgan fingerprint density at radius 1 is 0.333 bits per heavy atom. The molecule has 0 saturated heterocycles. The van der Waals surface area contributed by atoms with Crippen LogP contribution in [0.3, 0.4) is 0 Å². The summed E-state index contributed by atoms with van der Waals surface area (Å²) in [5.74, 6) is 2.39. The van der Waals surface area contributed by atoms with Crippen molar-refractivity contribution >= 4 is 56.3 Å². The number of hydrogen-bond acceptors (Lipinski definition) is 5. The van der Waals surface area contributed by atoms with Crippen molar-refractivity contribution in [3.8, 4) is 84.1 Å². The lowest BCUT2D eigenvalue weighted by Crippen LogP contribution is -2.26. The highest BCUT2D eigenvalue weighted by atomic mass is 32.2. The summed E-state index contributed by atoms with van der Waals surface area (Å²) >= 11 is 1.82. The van der Waals surface area contributed by atoms with Crippen LogP contribution in [0.2, 0.25) is 0 Å². The van der Waals surface area contributed by atoms with Gasteiger partial charge < -0.3 is 14.5 Å². The van der Waals surface area contributed by atoms with Crippen LogP contribution < -0.4 is 14.5 Å². The van der Waals surface area contributed by atoms with Crippen molar-refractivity contribution in [2.45, 2.75) is 9.79 Å². The molecule has 2 aliphatic heterocycles. The van der Waals surface area contributed by atoms with Crippen molar-refractivity contribution in [2.75, 3.05) is 16.5 Å². The molecule has 0 unspecified atom stereocenters. The SMILES string of the molecule is c1ccc(-c2cc(-c3ccccc3)cc(-c3cccc(-c4cc(-c5ccccc5)cc(-c5ccccc5)c4)c3N3CN4c5cc(Oc6ccc7c8ccccc8n(-c8ccccn8)c7c6)ccc5Sc5cccc3c54)c2)cc1. The predicted octanol–water partition coefficient (Wildman–Crippen LogP) is 19.7. The Kier molecular flexibility index (Phi) is 11.1. The van der Waals surface area contributed by atoms with Crippen LogP contribution in [0.4, 0.5) is 22.7 Å². The summed E-state index contributed by atoms with van der Waals surface area (Å²) in [6, 6.07) is 98.5. The number of hydrogen-bond donors (Lipinski definition) is 0. The average Bonchev–Trinajstić information content (AvgIpc) is 4.19. The number of aromatic nitrogens is 2. The number of anilines is 4. The minimum Gasteiger partial charge on any atom is -0.457 e. The van der Waals surface area contributed by atoms with Crippen molar-refractivity contribution in [2.24, 2.45) is 0 Å². The topological polar surface area (TPSA) is 33.5 Å². The number of nitrogens with zero attached hydrogens (tertiary/aromatic N) is 4. The molecule has 15 rings (SSSR count). The Morgan fingerprint density at radius 3 is 1.42 bits per heavy atom. The quantitative estimate of drug-likeness (QED) is 0.136. The van der Waals surface area contributed by atoms with E-state index in [1.165, 1.54) is 65.4 Å². The Morgan fingerprint density at radius 2 is 0.833 bits per heavy atom. The Hall–Kier alpha value is -9.88. The van der Waals surface area contributed by atoms with Gasteiger partial charge in [0, 0.05) is 50.0 Å². The second-order valence-corrected chi connectivity index (χ2v) is 21.0. The number of pyridine rings is 1. The minimum atomic E-state index is 0.581. The van der Waals surface area contributed by atoms with Crippen LogP contribution in [-0.2, 0) is 0 Å². The number of benzene rings is 11. The largest absolute Gasteiger partial charge is 0.457 e. The van der Waals surface area contributed by atoms with Crippen molar-refractivity contribution in [1.82, 2.24) is 9.55 Å².